The molecule has 1 atom stereocenters. The predicted octanol–water partition coefficient (Wildman–Crippen LogP) is 1.84. The Morgan fingerprint density at radius 1 is 1.43 bits per heavy atom. The van der Waals surface area contributed by atoms with Crippen molar-refractivity contribution in [1.82, 2.24) is 10.1 Å². The Bertz CT molecular complexity index is 832. The summed E-state index contributed by atoms with van der Waals surface area (Å²) in [6.07, 6.45) is 4.93. The standard InChI is InChI=1S/C13H14N4O2S.C4H4O4/c1-18-13-6-12(9(7-15)8-16-13)20-11(2-4-14)10-3-5-17-19-10;5-3(6)1-2-4(7)8/h3,5-6,8,11H,2,4,14H2,1H3;1-2H,(H,5,6)(H,7,8)/b;2-1+/t11-;/m1./s1. The smallest absolute Gasteiger partial charge is 0.328 e. The molecule has 10 nitrogen and oxygen atoms in total. The summed E-state index contributed by atoms with van der Waals surface area (Å²) >= 11 is 1.50. The average Bonchev–Trinajstić information content (AvgIpc) is 3.21. The third-order valence-corrected chi connectivity index (χ3v) is 4.36. The van der Waals surface area contributed by atoms with Crippen LogP contribution in [0, 0.1) is 11.3 Å². The van der Waals surface area contributed by atoms with Gasteiger partial charge < -0.3 is 25.2 Å². The van der Waals surface area contributed by atoms with Crippen LogP contribution in [-0.4, -0.2) is 45.9 Å². The third kappa shape index (κ3) is 7.90. The van der Waals surface area contributed by atoms with Crippen LogP contribution in [0.4, 0.5) is 0 Å². The Labute approximate surface area is 164 Å². The van der Waals surface area contributed by atoms with Gasteiger partial charge in [0.05, 0.1) is 24.1 Å². The summed E-state index contributed by atoms with van der Waals surface area (Å²) in [4.78, 5) is 23.9. The molecule has 0 bridgehead atoms. The molecule has 0 spiro atoms. The van der Waals surface area contributed by atoms with Gasteiger partial charge >= 0.3 is 11.9 Å². The second-order valence-corrected chi connectivity index (χ2v) is 6.19. The summed E-state index contributed by atoms with van der Waals surface area (Å²) in [6.45, 7) is 0.516. The Balaban J connectivity index is 0.000000416. The van der Waals surface area contributed by atoms with E-state index in [1.165, 1.54) is 25.1 Å². The first kappa shape index (κ1) is 22.7. The van der Waals surface area contributed by atoms with Crippen molar-refractivity contribution in [3.63, 3.8) is 0 Å². The molecule has 28 heavy (non-hydrogen) atoms. The van der Waals surface area contributed by atoms with Crippen molar-refractivity contribution in [2.24, 2.45) is 5.73 Å². The van der Waals surface area contributed by atoms with Gasteiger partial charge in [-0.05, 0) is 13.0 Å². The summed E-state index contributed by atoms with van der Waals surface area (Å²) in [5.41, 5.74) is 6.14. The number of nitrogens with two attached hydrogens (primary N) is 1. The number of methoxy groups -OCH3 is 1. The minimum atomic E-state index is -1.26. The zero-order chi connectivity index (χ0) is 20.9. The van der Waals surface area contributed by atoms with Crippen molar-refractivity contribution >= 4 is 23.7 Å². The lowest BCUT2D eigenvalue weighted by atomic mass is 10.2. The number of ether oxygens (including phenoxy) is 1. The molecule has 0 saturated carbocycles. The minimum absolute atomic E-state index is 0.00158. The Morgan fingerprint density at radius 2 is 2.11 bits per heavy atom. The molecule has 2 aromatic heterocycles. The number of nitrogens with zero attached hydrogens (tertiary/aromatic N) is 3. The number of carboxylic acid groups (broad SMARTS) is 2. The average molecular weight is 406 g/mol. The van der Waals surface area contributed by atoms with Gasteiger partial charge in [-0.25, -0.2) is 14.6 Å². The van der Waals surface area contributed by atoms with Crippen molar-refractivity contribution < 1.29 is 29.1 Å². The lowest BCUT2D eigenvalue weighted by Gasteiger charge is -2.13. The highest BCUT2D eigenvalue weighted by atomic mass is 32.2. The van der Waals surface area contributed by atoms with Crippen LogP contribution in [-0.2, 0) is 9.59 Å². The summed E-state index contributed by atoms with van der Waals surface area (Å²) in [5.74, 6) is -1.31. The first-order chi connectivity index (χ1) is 13.4. The van der Waals surface area contributed by atoms with Crippen molar-refractivity contribution in [2.45, 2.75) is 16.6 Å². The van der Waals surface area contributed by atoms with E-state index in [9.17, 15) is 9.59 Å². The Hall–Kier alpha value is -3.36. The molecule has 0 fully saturated rings. The maximum atomic E-state index is 9.55. The molecule has 0 saturated heterocycles. The third-order valence-electron chi connectivity index (χ3n) is 3.01. The maximum absolute atomic E-state index is 9.55. The van der Waals surface area contributed by atoms with E-state index in [2.05, 4.69) is 16.2 Å². The zero-order valence-electron chi connectivity index (χ0n) is 14.8. The van der Waals surface area contributed by atoms with Gasteiger partial charge in [-0.3, -0.25) is 0 Å². The van der Waals surface area contributed by atoms with Crippen LogP contribution >= 0.6 is 11.8 Å². The molecule has 2 heterocycles. The van der Waals surface area contributed by atoms with Gasteiger partial charge in [-0.15, -0.1) is 11.8 Å². The molecule has 0 aliphatic heterocycles. The maximum Gasteiger partial charge on any atom is 0.328 e. The predicted molar refractivity (Wildman–Crippen MR) is 98.7 cm³/mol. The SMILES string of the molecule is COc1cc(S[C@H](CCN)c2ccno2)c(C#N)cn1.O=C(O)/C=C/C(=O)O. The number of aliphatic carboxylic acids is 2. The van der Waals surface area contributed by atoms with E-state index in [0.29, 0.717) is 30.1 Å². The topological polar surface area (TPSA) is 173 Å². The molecular weight excluding hydrogens is 388 g/mol. The highest BCUT2D eigenvalue weighted by Crippen LogP contribution is 2.39. The number of pyridine rings is 1. The van der Waals surface area contributed by atoms with Gasteiger partial charge in [0.25, 0.3) is 0 Å². The number of carbonyl (C=O) groups is 2. The highest BCUT2D eigenvalue weighted by Gasteiger charge is 2.19. The molecule has 0 radical (unpaired) electrons. The molecule has 0 unspecified atom stereocenters. The number of hydrogen-bond donors (Lipinski definition) is 3. The van der Waals surface area contributed by atoms with E-state index >= 15 is 0 Å². The van der Waals surface area contributed by atoms with E-state index in [-0.39, 0.29) is 5.25 Å². The van der Waals surface area contributed by atoms with E-state index in [1.54, 1.807) is 18.3 Å². The van der Waals surface area contributed by atoms with E-state index in [4.69, 9.17) is 30.5 Å². The highest BCUT2D eigenvalue weighted by molar-refractivity contribution is 7.99. The van der Waals surface area contributed by atoms with Gasteiger partial charge in [-0.2, -0.15) is 5.26 Å². The molecule has 0 amide bonds. The van der Waals surface area contributed by atoms with Crippen LogP contribution in [0.15, 0.2) is 46.1 Å². The molecule has 2 aromatic rings. The number of carboxylic acids is 2. The number of nitriles is 1. The van der Waals surface area contributed by atoms with Gasteiger partial charge in [-0.1, -0.05) is 5.16 Å². The zero-order valence-corrected chi connectivity index (χ0v) is 15.6. The van der Waals surface area contributed by atoms with Gasteiger partial charge in [0.15, 0.2) is 0 Å². The second-order valence-electron chi connectivity index (χ2n) is 4.94. The summed E-state index contributed by atoms with van der Waals surface area (Å²) in [5, 5.41) is 28.5. The fraction of sp³-hybridized carbons (Fsp3) is 0.235. The van der Waals surface area contributed by atoms with E-state index in [1.807, 2.05) is 0 Å². The Kier molecular flexibility index (Phi) is 9.80. The van der Waals surface area contributed by atoms with Gasteiger partial charge in [0.1, 0.15) is 11.8 Å². The van der Waals surface area contributed by atoms with Crippen LogP contribution in [0.5, 0.6) is 5.88 Å². The van der Waals surface area contributed by atoms with Gasteiger partial charge in [0.2, 0.25) is 5.88 Å². The normalized spacial score (nSPS) is 11.2. The van der Waals surface area contributed by atoms with Crippen LogP contribution in [0.2, 0.25) is 0 Å². The van der Waals surface area contributed by atoms with Crippen molar-refractivity contribution in [3.8, 4) is 11.9 Å². The van der Waals surface area contributed by atoms with Crippen molar-refractivity contribution in [2.75, 3.05) is 13.7 Å². The molecule has 0 aromatic carbocycles. The van der Waals surface area contributed by atoms with Crippen LogP contribution in [0.25, 0.3) is 0 Å². The Morgan fingerprint density at radius 3 is 2.57 bits per heavy atom. The molecule has 148 valence electrons. The lowest BCUT2D eigenvalue weighted by Crippen LogP contribution is -2.04. The minimum Gasteiger partial charge on any atom is -0.481 e. The van der Waals surface area contributed by atoms with Crippen LogP contribution < -0.4 is 10.5 Å². The number of rotatable bonds is 8. The molecule has 4 N–H and O–H groups in total. The first-order valence-corrected chi connectivity index (χ1v) is 8.64. The number of hydrogen-bond acceptors (Lipinski definition) is 9. The van der Waals surface area contributed by atoms with Crippen molar-refractivity contribution in [1.29, 1.82) is 5.26 Å². The number of aromatic nitrogens is 2. The van der Waals surface area contributed by atoms with Gasteiger partial charge in [0, 0.05) is 35.4 Å². The van der Waals surface area contributed by atoms with E-state index < -0.39 is 11.9 Å². The van der Waals surface area contributed by atoms with E-state index in [0.717, 1.165) is 17.1 Å². The molecular formula is C17H18N4O6S. The summed E-state index contributed by atoms with van der Waals surface area (Å²) in [7, 11) is 1.54. The molecule has 11 heteroatoms. The summed E-state index contributed by atoms with van der Waals surface area (Å²) < 4.78 is 10.3. The number of thioether (sulfide) groups is 1. The molecule has 0 aliphatic rings. The quantitative estimate of drug-likeness (QED) is 0.431. The monoisotopic (exact) mass is 406 g/mol. The summed E-state index contributed by atoms with van der Waals surface area (Å²) in [6, 6.07) is 5.67. The molecule has 2 rings (SSSR count). The fourth-order valence-electron chi connectivity index (χ4n) is 1.81. The first-order valence-electron chi connectivity index (χ1n) is 7.76. The largest absolute Gasteiger partial charge is 0.481 e. The fourth-order valence-corrected chi connectivity index (χ4v) is 3.00. The molecule has 0 aliphatic carbocycles. The second kappa shape index (κ2) is 12.1. The van der Waals surface area contributed by atoms with Crippen LogP contribution in [0.3, 0.4) is 0 Å². The van der Waals surface area contributed by atoms with Crippen LogP contribution in [0.1, 0.15) is 23.0 Å². The lowest BCUT2D eigenvalue weighted by molar-refractivity contribution is -0.134. The van der Waals surface area contributed by atoms with Crippen molar-refractivity contribution in [3.05, 3.63) is 48.0 Å².